The fraction of sp³-hybridized carbons (Fsp3) is 0.214. The summed E-state index contributed by atoms with van der Waals surface area (Å²) in [5, 5.41) is 2.72. The second-order valence-electron chi connectivity index (χ2n) is 4.06. The first-order chi connectivity index (χ1) is 8.69. The number of carbonyl (C=O) groups is 1. The first-order valence-corrected chi connectivity index (χ1v) is 5.86. The summed E-state index contributed by atoms with van der Waals surface area (Å²) in [4.78, 5) is 10.9. The SMILES string of the molecule is CC(=O)Nc1ccc(-c2ccc(CCN)o2)cc1. The van der Waals surface area contributed by atoms with Crippen LogP contribution in [0.4, 0.5) is 5.69 Å². The normalized spacial score (nSPS) is 10.3. The molecule has 18 heavy (non-hydrogen) atoms. The van der Waals surface area contributed by atoms with Crippen LogP contribution < -0.4 is 11.1 Å². The van der Waals surface area contributed by atoms with E-state index in [2.05, 4.69) is 5.32 Å². The number of nitrogens with one attached hydrogen (secondary N) is 1. The molecular formula is C14H16N2O2. The van der Waals surface area contributed by atoms with E-state index < -0.39 is 0 Å². The topological polar surface area (TPSA) is 68.3 Å². The average molecular weight is 244 g/mol. The number of amides is 1. The summed E-state index contributed by atoms with van der Waals surface area (Å²) in [5.74, 6) is 1.62. The molecule has 0 saturated heterocycles. The summed E-state index contributed by atoms with van der Waals surface area (Å²) in [5.41, 5.74) is 7.23. The Bertz CT molecular complexity index is 529. The van der Waals surface area contributed by atoms with Crippen molar-refractivity contribution in [1.29, 1.82) is 0 Å². The van der Waals surface area contributed by atoms with Crippen LogP contribution in [0.15, 0.2) is 40.8 Å². The van der Waals surface area contributed by atoms with Gasteiger partial charge in [0.2, 0.25) is 5.91 Å². The van der Waals surface area contributed by atoms with Gasteiger partial charge < -0.3 is 15.5 Å². The summed E-state index contributed by atoms with van der Waals surface area (Å²) in [6, 6.07) is 11.4. The molecule has 0 unspecified atom stereocenters. The van der Waals surface area contributed by atoms with Gasteiger partial charge in [-0.3, -0.25) is 4.79 Å². The van der Waals surface area contributed by atoms with Crippen LogP contribution in [-0.2, 0) is 11.2 Å². The van der Waals surface area contributed by atoms with E-state index in [1.807, 2.05) is 36.4 Å². The number of hydrogen-bond acceptors (Lipinski definition) is 3. The van der Waals surface area contributed by atoms with Crippen molar-refractivity contribution in [1.82, 2.24) is 0 Å². The maximum absolute atomic E-state index is 10.9. The van der Waals surface area contributed by atoms with Crippen molar-refractivity contribution in [2.75, 3.05) is 11.9 Å². The van der Waals surface area contributed by atoms with Crippen molar-refractivity contribution >= 4 is 11.6 Å². The van der Waals surface area contributed by atoms with Crippen LogP contribution in [0.3, 0.4) is 0 Å². The number of anilines is 1. The second kappa shape index (κ2) is 5.51. The molecule has 0 spiro atoms. The van der Waals surface area contributed by atoms with Crippen LogP contribution >= 0.6 is 0 Å². The van der Waals surface area contributed by atoms with Crippen LogP contribution in [0.5, 0.6) is 0 Å². The minimum absolute atomic E-state index is 0.0778. The van der Waals surface area contributed by atoms with E-state index in [4.69, 9.17) is 10.2 Å². The third-order valence-electron chi connectivity index (χ3n) is 2.54. The van der Waals surface area contributed by atoms with Crippen LogP contribution in [0.2, 0.25) is 0 Å². The molecule has 0 fully saturated rings. The highest BCUT2D eigenvalue weighted by Crippen LogP contribution is 2.23. The molecule has 0 aliphatic rings. The Labute approximate surface area is 106 Å². The van der Waals surface area contributed by atoms with Gasteiger partial charge in [0.15, 0.2) is 0 Å². The van der Waals surface area contributed by atoms with E-state index in [9.17, 15) is 4.79 Å². The molecule has 2 rings (SSSR count). The molecule has 0 bridgehead atoms. The highest BCUT2D eigenvalue weighted by molar-refractivity contribution is 5.88. The van der Waals surface area contributed by atoms with Gasteiger partial charge in [-0.25, -0.2) is 0 Å². The van der Waals surface area contributed by atoms with Crippen LogP contribution in [0, 0.1) is 0 Å². The zero-order valence-corrected chi connectivity index (χ0v) is 10.3. The fourth-order valence-corrected chi connectivity index (χ4v) is 1.73. The average Bonchev–Trinajstić information content (AvgIpc) is 2.78. The molecule has 0 aliphatic heterocycles. The van der Waals surface area contributed by atoms with E-state index in [0.717, 1.165) is 29.2 Å². The first-order valence-electron chi connectivity index (χ1n) is 5.86. The van der Waals surface area contributed by atoms with Gasteiger partial charge in [-0.15, -0.1) is 0 Å². The van der Waals surface area contributed by atoms with Crippen molar-refractivity contribution < 1.29 is 9.21 Å². The van der Waals surface area contributed by atoms with Crippen LogP contribution in [0.1, 0.15) is 12.7 Å². The Morgan fingerprint density at radius 1 is 1.22 bits per heavy atom. The molecule has 94 valence electrons. The van der Waals surface area contributed by atoms with Crippen molar-refractivity contribution in [2.24, 2.45) is 5.73 Å². The summed E-state index contributed by atoms with van der Waals surface area (Å²) >= 11 is 0. The van der Waals surface area contributed by atoms with E-state index in [0.29, 0.717) is 6.54 Å². The van der Waals surface area contributed by atoms with Gasteiger partial charge in [-0.05, 0) is 42.9 Å². The first kappa shape index (κ1) is 12.4. The zero-order valence-electron chi connectivity index (χ0n) is 10.3. The minimum atomic E-state index is -0.0778. The van der Waals surface area contributed by atoms with Crippen LogP contribution in [0.25, 0.3) is 11.3 Å². The molecule has 2 aromatic rings. The molecule has 1 amide bonds. The van der Waals surface area contributed by atoms with Crippen molar-refractivity contribution in [3.63, 3.8) is 0 Å². The minimum Gasteiger partial charge on any atom is -0.461 e. The largest absolute Gasteiger partial charge is 0.461 e. The lowest BCUT2D eigenvalue weighted by atomic mass is 10.1. The Morgan fingerprint density at radius 3 is 2.56 bits per heavy atom. The molecule has 1 aromatic carbocycles. The van der Waals surface area contributed by atoms with Gasteiger partial charge in [0.05, 0.1) is 0 Å². The predicted molar refractivity (Wildman–Crippen MR) is 71.2 cm³/mol. The number of rotatable bonds is 4. The number of hydrogen-bond donors (Lipinski definition) is 2. The molecule has 0 aliphatic carbocycles. The number of benzene rings is 1. The number of nitrogens with two attached hydrogens (primary N) is 1. The second-order valence-corrected chi connectivity index (χ2v) is 4.06. The Morgan fingerprint density at radius 2 is 1.94 bits per heavy atom. The Balaban J connectivity index is 2.15. The lowest BCUT2D eigenvalue weighted by Gasteiger charge is -2.02. The molecule has 4 nitrogen and oxygen atoms in total. The van der Waals surface area contributed by atoms with Crippen molar-refractivity contribution in [2.45, 2.75) is 13.3 Å². The van der Waals surface area contributed by atoms with Gasteiger partial charge in [0.1, 0.15) is 11.5 Å². The van der Waals surface area contributed by atoms with Gasteiger partial charge in [-0.2, -0.15) is 0 Å². The number of furan rings is 1. The van der Waals surface area contributed by atoms with Crippen molar-refractivity contribution in [3.05, 3.63) is 42.2 Å². The Kier molecular flexibility index (Phi) is 3.79. The maximum atomic E-state index is 10.9. The molecule has 0 atom stereocenters. The highest BCUT2D eigenvalue weighted by Gasteiger charge is 2.04. The van der Waals surface area contributed by atoms with Gasteiger partial charge in [0, 0.05) is 24.6 Å². The molecule has 1 aromatic heterocycles. The van der Waals surface area contributed by atoms with Gasteiger partial charge >= 0.3 is 0 Å². The molecule has 4 heteroatoms. The van der Waals surface area contributed by atoms with Gasteiger partial charge in [-0.1, -0.05) is 0 Å². The monoisotopic (exact) mass is 244 g/mol. The third-order valence-corrected chi connectivity index (χ3v) is 2.54. The zero-order chi connectivity index (χ0) is 13.0. The molecule has 0 radical (unpaired) electrons. The standard InChI is InChI=1S/C14H16N2O2/c1-10(17)16-12-4-2-11(3-5-12)14-7-6-13(18-14)8-9-15/h2-7H,8-9,15H2,1H3,(H,16,17). The summed E-state index contributed by atoms with van der Waals surface area (Å²) < 4.78 is 5.66. The van der Waals surface area contributed by atoms with E-state index in [1.54, 1.807) is 0 Å². The summed E-state index contributed by atoms with van der Waals surface area (Å²) in [6.45, 7) is 2.06. The smallest absolute Gasteiger partial charge is 0.221 e. The van der Waals surface area contributed by atoms with E-state index in [1.165, 1.54) is 6.92 Å². The van der Waals surface area contributed by atoms with Crippen LogP contribution in [-0.4, -0.2) is 12.5 Å². The quantitative estimate of drug-likeness (QED) is 0.867. The predicted octanol–water partition coefficient (Wildman–Crippen LogP) is 2.41. The maximum Gasteiger partial charge on any atom is 0.221 e. The Hall–Kier alpha value is -2.07. The lowest BCUT2D eigenvalue weighted by Crippen LogP contribution is -2.05. The molecular weight excluding hydrogens is 228 g/mol. The van der Waals surface area contributed by atoms with E-state index >= 15 is 0 Å². The fourth-order valence-electron chi connectivity index (χ4n) is 1.73. The summed E-state index contributed by atoms with van der Waals surface area (Å²) in [7, 11) is 0. The van der Waals surface area contributed by atoms with E-state index in [-0.39, 0.29) is 5.91 Å². The third kappa shape index (κ3) is 2.99. The summed E-state index contributed by atoms with van der Waals surface area (Å²) in [6.07, 6.45) is 0.740. The molecule has 0 saturated carbocycles. The van der Waals surface area contributed by atoms with Crippen molar-refractivity contribution in [3.8, 4) is 11.3 Å². The lowest BCUT2D eigenvalue weighted by molar-refractivity contribution is -0.114. The highest BCUT2D eigenvalue weighted by atomic mass is 16.3. The molecule has 3 N–H and O–H groups in total. The number of carbonyl (C=O) groups excluding carboxylic acids is 1. The van der Waals surface area contributed by atoms with Gasteiger partial charge in [0.25, 0.3) is 0 Å². The molecule has 1 heterocycles.